The van der Waals surface area contributed by atoms with Crippen molar-refractivity contribution in [2.24, 2.45) is 0 Å². The lowest BCUT2D eigenvalue weighted by Gasteiger charge is -2.24. The Morgan fingerprint density at radius 1 is 1.54 bits per heavy atom. The first-order valence-electron chi connectivity index (χ1n) is 4.10. The second kappa shape index (κ2) is 3.16. The lowest BCUT2D eigenvalue weighted by Crippen LogP contribution is -2.18. The molecule has 1 aliphatic rings. The van der Waals surface area contributed by atoms with Gasteiger partial charge in [-0.25, -0.2) is 4.39 Å². The van der Waals surface area contributed by atoms with Crippen LogP contribution >= 0.6 is 11.6 Å². The number of hydrogen-bond donors (Lipinski definition) is 2. The number of anilines is 1. The number of benzene rings is 1. The molecule has 1 aromatic carbocycles. The molecule has 70 valence electrons. The van der Waals surface area contributed by atoms with Crippen molar-refractivity contribution < 1.29 is 9.50 Å². The maximum atomic E-state index is 13.2. The molecule has 0 radical (unpaired) electrons. The van der Waals surface area contributed by atoms with Crippen LogP contribution in [0.4, 0.5) is 10.1 Å². The van der Waals surface area contributed by atoms with E-state index in [1.807, 2.05) is 0 Å². The second-order valence-corrected chi connectivity index (χ2v) is 3.46. The van der Waals surface area contributed by atoms with Crippen LogP contribution in [0.15, 0.2) is 12.1 Å². The van der Waals surface area contributed by atoms with Gasteiger partial charge in [0.1, 0.15) is 5.82 Å². The first-order valence-corrected chi connectivity index (χ1v) is 4.48. The van der Waals surface area contributed by atoms with Crippen LogP contribution in [0.3, 0.4) is 0 Å². The zero-order chi connectivity index (χ0) is 9.42. The molecule has 0 spiro atoms. The summed E-state index contributed by atoms with van der Waals surface area (Å²) in [7, 11) is 0. The monoisotopic (exact) mass is 201 g/mol. The van der Waals surface area contributed by atoms with Gasteiger partial charge in [-0.1, -0.05) is 11.6 Å². The van der Waals surface area contributed by atoms with Crippen LogP contribution in [0.25, 0.3) is 0 Å². The van der Waals surface area contributed by atoms with Crippen molar-refractivity contribution >= 4 is 17.3 Å². The Labute approximate surface area is 80.3 Å². The maximum Gasteiger partial charge on any atom is 0.131 e. The van der Waals surface area contributed by atoms with Gasteiger partial charge in [0.05, 0.1) is 16.8 Å². The molecule has 0 amide bonds. The quantitative estimate of drug-likeness (QED) is 0.675. The molecule has 1 aliphatic heterocycles. The Kier molecular flexibility index (Phi) is 2.14. The Hall–Kier alpha value is -0.800. The van der Waals surface area contributed by atoms with Crippen molar-refractivity contribution in [2.45, 2.75) is 12.5 Å². The first kappa shape index (κ1) is 8.78. The normalized spacial score (nSPS) is 20.7. The highest BCUT2D eigenvalue weighted by atomic mass is 35.5. The molecule has 1 unspecified atom stereocenters. The van der Waals surface area contributed by atoms with Crippen LogP contribution in [0.5, 0.6) is 0 Å². The largest absolute Gasteiger partial charge is 0.388 e. The van der Waals surface area contributed by atoms with E-state index in [1.165, 1.54) is 12.1 Å². The van der Waals surface area contributed by atoms with Crippen molar-refractivity contribution in [3.8, 4) is 0 Å². The topological polar surface area (TPSA) is 32.3 Å². The van der Waals surface area contributed by atoms with E-state index in [-0.39, 0.29) is 0 Å². The highest BCUT2D eigenvalue weighted by molar-refractivity contribution is 6.33. The average molecular weight is 202 g/mol. The minimum absolute atomic E-state index is 0.291. The summed E-state index contributed by atoms with van der Waals surface area (Å²) in [6.45, 7) is 0.622. The van der Waals surface area contributed by atoms with E-state index in [4.69, 9.17) is 11.6 Å². The van der Waals surface area contributed by atoms with Crippen molar-refractivity contribution in [3.63, 3.8) is 0 Å². The summed E-state index contributed by atoms with van der Waals surface area (Å²) in [5, 5.41) is 13.0. The number of rotatable bonds is 0. The van der Waals surface area contributed by atoms with E-state index in [0.717, 1.165) is 0 Å². The summed E-state index contributed by atoms with van der Waals surface area (Å²) >= 11 is 5.84. The van der Waals surface area contributed by atoms with Gasteiger partial charge in [-0.3, -0.25) is 0 Å². The number of hydrogen-bond acceptors (Lipinski definition) is 2. The summed E-state index contributed by atoms with van der Waals surface area (Å²) in [6.07, 6.45) is -0.223. The van der Waals surface area contributed by atoms with Gasteiger partial charge in [-0.2, -0.15) is 0 Å². The van der Waals surface area contributed by atoms with Crippen LogP contribution in [-0.2, 0) is 0 Å². The molecule has 0 bridgehead atoms. The molecule has 2 nitrogen and oxygen atoms in total. The minimum Gasteiger partial charge on any atom is -0.388 e. The fourth-order valence-corrected chi connectivity index (χ4v) is 1.78. The van der Waals surface area contributed by atoms with E-state index in [2.05, 4.69) is 5.32 Å². The Balaban J connectivity index is 2.60. The molecular weight excluding hydrogens is 193 g/mol. The highest BCUT2D eigenvalue weighted by Gasteiger charge is 2.23. The van der Waals surface area contributed by atoms with Crippen molar-refractivity contribution in [1.29, 1.82) is 0 Å². The predicted molar refractivity (Wildman–Crippen MR) is 49.5 cm³/mol. The molecule has 0 saturated heterocycles. The van der Waals surface area contributed by atoms with Crippen LogP contribution in [0.2, 0.25) is 5.02 Å². The summed E-state index contributed by atoms with van der Waals surface area (Å²) in [4.78, 5) is 0. The zero-order valence-electron chi connectivity index (χ0n) is 6.85. The van der Waals surface area contributed by atoms with Gasteiger partial charge in [0, 0.05) is 12.1 Å². The van der Waals surface area contributed by atoms with E-state index < -0.39 is 11.9 Å². The van der Waals surface area contributed by atoms with Gasteiger partial charge in [0.15, 0.2) is 0 Å². The molecule has 0 fully saturated rings. The maximum absolute atomic E-state index is 13.2. The molecular formula is C9H9ClFNO. The molecule has 1 heterocycles. The molecule has 1 atom stereocenters. The third kappa shape index (κ3) is 1.38. The third-order valence-corrected chi connectivity index (χ3v) is 2.51. The predicted octanol–water partition coefficient (Wildman–Crippen LogP) is 2.33. The fraction of sp³-hybridized carbons (Fsp3) is 0.333. The minimum atomic E-state index is -0.741. The molecule has 0 aliphatic carbocycles. The molecule has 0 saturated carbocycles. The lowest BCUT2D eigenvalue weighted by atomic mass is 10.00. The van der Waals surface area contributed by atoms with Crippen molar-refractivity contribution in [3.05, 3.63) is 28.5 Å². The Morgan fingerprint density at radius 3 is 3.00 bits per heavy atom. The number of nitrogens with one attached hydrogen (secondary N) is 1. The summed E-state index contributed by atoms with van der Waals surface area (Å²) in [6, 6.07) is 2.76. The molecule has 1 aromatic rings. The van der Waals surface area contributed by atoms with E-state index in [9.17, 15) is 9.50 Å². The highest BCUT2D eigenvalue weighted by Crippen LogP contribution is 2.36. The molecule has 13 heavy (non-hydrogen) atoms. The molecule has 0 aromatic heterocycles. The third-order valence-electron chi connectivity index (χ3n) is 2.19. The summed E-state index contributed by atoms with van der Waals surface area (Å²) < 4.78 is 13.2. The van der Waals surface area contributed by atoms with Crippen molar-refractivity contribution in [2.75, 3.05) is 11.9 Å². The van der Waals surface area contributed by atoms with Crippen LogP contribution in [0, 0.1) is 5.82 Å². The molecule has 2 N–H and O–H groups in total. The second-order valence-electron chi connectivity index (χ2n) is 3.05. The van der Waals surface area contributed by atoms with E-state index in [0.29, 0.717) is 29.2 Å². The number of aliphatic hydroxyl groups is 1. The first-order chi connectivity index (χ1) is 6.20. The number of fused-ring (bicyclic) bond motifs is 1. The fourth-order valence-electron chi connectivity index (χ4n) is 1.55. The van der Waals surface area contributed by atoms with Gasteiger partial charge in [-0.05, 0) is 18.6 Å². The average Bonchev–Trinajstić information content (AvgIpc) is 2.12. The summed E-state index contributed by atoms with van der Waals surface area (Å²) in [5.41, 5.74) is 0.819. The van der Waals surface area contributed by atoms with Gasteiger partial charge in [0.25, 0.3) is 0 Å². The lowest BCUT2D eigenvalue weighted by molar-refractivity contribution is 0.164. The Bertz CT molecular complexity index is 343. The van der Waals surface area contributed by atoms with Crippen LogP contribution in [0.1, 0.15) is 18.1 Å². The van der Waals surface area contributed by atoms with Crippen LogP contribution in [-0.4, -0.2) is 11.7 Å². The van der Waals surface area contributed by atoms with E-state index in [1.54, 1.807) is 0 Å². The number of halogens is 2. The smallest absolute Gasteiger partial charge is 0.131 e. The van der Waals surface area contributed by atoms with Gasteiger partial charge in [0.2, 0.25) is 0 Å². The SMILES string of the molecule is OC1CCNc2c(Cl)ccc(F)c21. The van der Waals surface area contributed by atoms with Crippen molar-refractivity contribution in [1.82, 2.24) is 0 Å². The standard InChI is InChI=1S/C9H9ClFNO/c10-5-1-2-6(11)8-7(13)3-4-12-9(5)8/h1-2,7,12-13H,3-4H2. The number of aliphatic hydroxyl groups excluding tert-OH is 1. The van der Waals surface area contributed by atoms with E-state index >= 15 is 0 Å². The Morgan fingerprint density at radius 2 is 2.31 bits per heavy atom. The zero-order valence-corrected chi connectivity index (χ0v) is 7.61. The van der Waals surface area contributed by atoms with Crippen LogP contribution < -0.4 is 5.32 Å². The molecule has 2 rings (SSSR count). The molecule has 4 heteroatoms. The van der Waals surface area contributed by atoms with Gasteiger partial charge in [-0.15, -0.1) is 0 Å². The summed E-state index contributed by atoms with van der Waals surface area (Å²) in [5.74, 6) is -0.404. The van der Waals surface area contributed by atoms with Gasteiger partial charge < -0.3 is 10.4 Å². The van der Waals surface area contributed by atoms with Gasteiger partial charge >= 0.3 is 0 Å².